The summed E-state index contributed by atoms with van der Waals surface area (Å²) in [6.07, 6.45) is -1.31. The maximum absolute atomic E-state index is 16.6. The molecular formula is C38H42FN3O7Si. The van der Waals surface area contributed by atoms with Gasteiger partial charge >= 0.3 is 5.97 Å². The highest BCUT2D eigenvalue weighted by atomic mass is 28.4. The normalized spacial score (nSPS) is 27.3. The lowest BCUT2D eigenvalue weighted by Gasteiger charge is -2.39. The standard InChI is InChI=1S/C38H42FN3O7Si/c1-23-36(50(3,4)39)32(18-33(45)40-21-27-13-9-8-12-26(27)16-29(40)22-43)49-38(23)30-17-28(42-34(46)19-35(42)48-24(2)44)14-15-31(30)41(37(38)47)20-25-10-6-5-7-11-25/h5-15,17,23,29,32,35-36,43H,16,18-22H2,1-4H3/t23-,29+,32+,35?,36-,38+/m1/s1. The van der Waals surface area contributed by atoms with Gasteiger partial charge in [0.25, 0.3) is 5.91 Å². The Kier molecular flexibility index (Phi) is 8.68. The number of ether oxygens (including phenoxy) is 2. The van der Waals surface area contributed by atoms with Gasteiger partial charge in [-0.3, -0.25) is 24.1 Å². The van der Waals surface area contributed by atoms with Crippen molar-refractivity contribution in [2.45, 2.75) is 88.8 Å². The van der Waals surface area contributed by atoms with Gasteiger partial charge in [-0.05, 0) is 54.4 Å². The Morgan fingerprint density at radius 2 is 1.72 bits per heavy atom. The number of β-lactam (4-membered cyclic amide) rings is 1. The van der Waals surface area contributed by atoms with Crippen molar-refractivity contribution in [2.24, 2.45) is 5.92 Å². The van der Waals surface area contributed by atoms with Crippen LogP contribution in [0.4, 0.5) is 15.5 Å². The number of halogens is 1. The number of carbonyl (C=O) groups is 4. The molecule has 6 atom stereocenters. The first-order valence-corrected chi connectivity index (χ1v) is 20.1. The molecule has 12 heteroatoms. The second kappa shape index (κ2) is 12.7. The lowest BCUT2D eigenvalue weighted by atomic mass is 9.82. The number of carbonyl (C=O) groups excluding carboxylic acids is 4. The number of aliphatic hydroxyl groups excluding tert-OH is 1. The summed E-state index contributed by atoms with van der Waals surface area (Å²) in [6.45, 7) is 6.61. The third kappa shape index (κ3) is 5.63. The smallest absolute Gasteiger partial charge is 0.304 e. The van der Waals surface area contributed by atoms with Crippen LogP contribution in [0.25, 0.3) is 0 Å². The van der Waals surface area contributed by atoms with Crippen molar-refractivity contribution in [1.29, 1.82) is 0 Å². The zero-order chi connectivity index (χ0) is 35.5. The highest BCUT2D eigenvalue weighted by Crippen LogP contribution is 2.61. The van der Waals surface area contributed by atoms with Gasteiger partial charge in [0.1, 0.15) is 0 Å². The summed E-state index contributed by atoms with van der Waals surface area (Å²) >= 11 is 0. The number of hydrogen-bond acceptors (Lipinski definition) is 7. The molecular weight excluding hydrogens is 658 g/mol. The zero-order valence-corrected chi connectivity index (χ0v) is 29.7. The van der Waals surface area contributed by atoms with Crippen molar-refractivity contribution in [2.75, 3.05) is 16.4 Å². The van der Waals surface area contributed by atoms with Crippen molar-refractivity contribution in [3.63, 3.8) is 0 Å². The Morgan fingerprint density at radius 1 is 1.02 bits per heavy atom. The van der Waals surface area contributed by atoms with Crippen LogP contribution in [0.5, 0.6) is 0 Å². The Labute approximate surface area is 291 Å². The second-order valence-electron chi connectivity index (χ2n) is 14.4. The average molecular weight is 700 g/mol. The molecule has 4 aliphatic heterocycles. The first-order chi connectivity index (χ1) is 23.8. The molecule has 1 spiro atoms. The summed E-state index contributed by atoms with van der Waals surface area (Å²) in [5.41, 5.74) is 2.09. The summed E-state index contributed by atoms with van der Waals surface area (Å²) in [6, 6.07) is 22.1. The number of benzene rings is 3. The molecule has 1 unspecified atom stereocenters. The highest BCUT2D eigenvalue weighted by molar-refractivity contribution is 6.72. The van der Waals surface area contributed by atoms with Crippen molar-refractivity contribution in [3.05, 3.63) is 95.1 Å². The van der Waals surface area contributed by atoms with E-state index in [1.807, 2.05) is 61.5 Å². The SMILES string of the molecule is CC(=O)OC1CC(=O)N1c1ccc2c(c1)[C@]1(O[C@@H](CC(=O)N3Cc4ccccc4C[C@H]3CO)[C@H]([Si](C)(C)F)[C@H]1C)C(=O)N2Cc1ccccc1. The zero-order valence-electron chi connectivity index (χ0n) is 28.7. The molecule has 262 valence electrons. The Morgan fingerprint density at radius 3 is 2.38 bits per heavy atom. The molecule has 50 heavy (non-hydrogen) atoms. The highest BCUT2D eigenvalue weighted by Gasteiger charge is 2.67. The second-order valence-corrected chi connectivity index (χ2v) is 18.2. The number of anilines is 2. The van der Waals surface area contributed by atoms with Crippen LogP contribution >= 0.6 is 0 Å². The summed E-state index contributed by atoms with van der Waals surface area (Å²) in [7, 11) is -3.60. The van der Waals surface area contributed by atoms with E-state index in [1.165, 1.54) is 11.8 Å². The van der Waals surface area contributed by atoms with Crippen LogP contribution in [0.2, 0.25) is 18.6 Å². The van der Waals surface area contributed by atoms with E-state index in [0.29, 0.717) is 29.9 Å². The van der Waals surface area contributed by atoms with E-state index in [0.717, 1.165) is 16.7 Å². The maximum atomic E-state index is 16.6. The molecule has 3 amide bonds. The number of rotatable bonds is 8. The molecule has 0 aromatic heterocycles. The number of hydrogen-bond donors (Lipinski definition) is 1. The predicted molar refractivity (Wildman–Crippen MR) is 186 cm³/mol. The summed E-state index contributed by atoms with van der Waals surface area (Å²) in [5, 5.41) is 10.3. The van der Waals surface area contributed by atoms with Gasteiger partial charge in [0.05, 0.1) is 43.8 Å². The molecule has 0 aliphatic carbocycles. The Bertz CT molecular complexity index is 1850. The molecule has 0 radical (unpaired) electrons. The van der Waals surface area contributed by atoms with E-state index >= 15 is 4.11 Å². The number of esters is 1. The van der Waals surface area contributed by atoms with Crippen LogP contribution in [-0.4, -0.2) is 67.1 Å². The van der Waals surface area contributed by atoms with E-state index in [4.69, 9.17) is 9.47 Å². The quantitative estimate of drug-likeness (QED) is 0.153. The monoisotopic (exact) mass is 699 g/mol. The van der Waals surface area contributed by atoms with Crippen molar-refractivity contribution in [1.82, 2.24) is 4.90 Å². The van der Waals surface area contributed by atoms with Crippen LogP contribution in [0.3, 0.4) is 0 Å². The Balaban J connectivity index is 1.28. The van der Waals surface area contributed by atoms with Crippen molar-refractivity contribution in [3.8, 4) is 0 Å². The molecule has 4 aliphatic rings. The number of fused-ring (bicyclic) bond motifs is 3. The molecule has 2 saturated heterocycles. The first kappa shape index (κ1) is 34.1. The largest absolute Gasteiger partial charge is 0.441 e. The van der Waals surface area contributed by atoms with Gasteiger partial charge < -0.3 is 28.5 Å². The molecule has 2 fully saturated rings. The lowest BCUT2D eigenvalue weighted by molar-refractivity contribution is -0.154. The fourth-order valence-electron chi connectivity index (χ4n) is 8.62. The van der Waals surface area contributed by atoms with E-state index in [-0.39, 0.29) is 43.7 Å². The average Bonchev–Trinajstić information content (AvgIpc) is 3.49. The molecule has 3 aromatic rings. The van der Waals surface area contributed by atoms with Crippen molar-refractivity contribution >= 4 is 43.5 Å². The van der Waals surface area contributed by atoms with E-state index in [9.17, 15) is 24.3 Å². The van der Waals surface area contributed by atoms with Gasteiger partial charge in [-0.2, -0.15) is 0 Å². The minimum atomic E-state index is -3.60. The number of nitrogens with zero attached hydrogens (tertiary/aromatic N) is 3. The van der Waals surface area contributed by atoms with Crippen LogP contribution in [0.1, 0.15) is 48.9 Å². The van der Waals surface area contributed by atoms with E-state index in [2.05, 4.69) is 0 Å². The van der Waals surface area contributed by atoms with Gasteiger partial charge in [0.15, 0.2) is 11.8 Å². The topological polar surface area (TPSA) is 117 Å². The van der Waals surface area contributed by atoms with Gasteiger partial charge in [-0.1, -0.05) is 61.5 Å². The molecule has 7 rings (SSSR count). The predicted octanol–water partition coefficient (Wildman–Crippen LogP) is 4.97. The van der Waals surface area contributed by atoms with Gasteiger partial charge in [-0.15, -0.1) is 0 Å². The van der Waals surface area contributed by atoms with Crippen LogP contribution in [-0.2, 0) is 53.8 Å². The summed E-state index contributed by atoms with van der Waals surface area (Å²) in [4.78, 5) is 58.3. The van der Waals surface area contributed by atoms with Crippen LogP contribution < -0.4 is 9.80 Å². The molecule has 1 N–H and O–H groups in total. The fourth-order valence-corrected chi connectivity index (χ4v) is 11.1. The van der Waals surface area contributed by atoms with Gasteiger partial charge in [0, 0.05) is 36.2 Å². The molecule has 3 aromatic carbocycles. The third-order valence-corrected chi connectivity index (χ3v) is 13.3. The first-order valence-electron chi connectivity index (χ1n) is 17.2. The minimum Gasteiger partial charge on any atom is -0.441 e. The Hall–Kier alpha value is -4.39. The molecule has 10 nitrogen and oxygen atoms in total. The molecule has 0 saturated carbocycles. The number of aliphatic hydroxyl groups is 1. The summed E-state index contributed by atoms with van der Waals surface area (Å²) < 4.78 is 28.8. The summed E-state index contributed by atoms with van der Waals surface area (Å²) in [5.74, 6) is -2.05. The maximum Gasteiger partial charge on any atom is 0.304 e. The third-order valence-electron chi connectivity index (χ3n) is 10.9. The molecule has 4 heterocycles. The van der Waals surface area contributed by atoms with Gasteiger partial charge in [0.2, 0.25) is 20.2 Å². The van der Waals surface area contributed by atoms with Crippen LogP contribution in [0, 0.1) is 5.92 Å². The van der Waals surface area contributed by atoms with Crippen LogP contribution in [0.15, 0.2) is 72.8 Å². The van der Waals surface area contributed by atoms with E-state index < -0.39 is 49.8 Å². The molecule has 0 bridgehead atoms. The minimum absolute atomic E-state index is 0.0392. The van der Waals surface area contributed by atoms with E-state index in [1.54, 1.807) is 41.1 Å². The number of amides is 3. The lowest BCUT2D eigenvalue weighted by Crippen LogP contribution is -2.55. The van der Waals surface area contributed by atoms with Crippen molar-refractivity contribution < 1.29 is 37.9 Å². The fraction of sp³-hybridized carbons (Fsp3) is 0.421. The van der Waals surface area contributed by atoms with Gasteiger partial charge in [-0.25, -0.2) is 0 Å².